The molecule has 0 aromatic heterocycles. The van der Waals surface area contributed by atoms with E-state index in [1.54, 1.807) is 0 Å². The van der Waals surface area contributed by atoms with Gasteiger partial charge in [-0.1, -0.05) is 18.6 Å². The van der Waals surface area contributed by atoms with Crippen molar-refractivity contribution in [2.24, 2.45) is 17.8 Å². The van der Waals surface area contributed by atoms with Gasteiger partial charge in [0.15, 0.2) is 0 Å². The lowest BCUT2D eigenvalue weighted by Gasteiger charge is -2.26. The second-order valence-corrected chi connectivity index (χ2v) is 6.68. The molecule has 4 atom stereocenters. The first-order valence-corrected chi connectivity index (χ1v) is 7.64. The van der Waals surface area contributed by atoms with Crippen LogP contribution in [0.4, 0.5) is 0 Å². The molecule has 1 aromatic rings. The molecule has 0 amide bonds. The van der Waals surface area contributed by atoms with Crippen molar-refractivity contribution in [1.82, 2.24) is 0 Å². The van der Waals surface area contributed by atoms with Crippen LogP contribution in [-0.4, -0.2) is 6.61 Å². The van der Waals surface area contributed by atoms with Crippen LogP contribution in [0.15, 0.2) is 18.2 Å². The van der Waals surface area contributed by atoms with Gasteiger partial charge in [-0.25, -0.2) is 0 Å². The maximum Gasteiger partial charge on any atom is 0.122 e. The molecule has 18 heavy (non-hydrogen) atoms. The molecule has 96 valence electrons. The zero-order valence-corrected chi connectivity index (χ0v) is 11.3. The molecule has 0 radical (unpaired) electrons. The maximum atomic E-state index is 6.77. The van der Waals surface area contributed by atoms with E-state index < -0.39 is 0 Å². The standard InChI is InChI=1S/C16H19ClO/c17-16(14-8-10-1-2-11(14)7-10)13-3-4-15-12(9-13)5-6-18-15/h3-4,9-11,14,16H,1-2,5-8H2. The molecule has 4 rings (SSSR count). The van der Waals surface area contributed by atoms with Crippen LogP contribution in [0.25, 0.3) is 0 Å². The Morgan fingerprint density at radius 3 is 2.94 bits per heavy atom. The van der Waals surface area contributed by atoms with Gasteiger partial charge in [0, 0.05) is 6.42 Å². The third-order valence-electron chi connectivity index (χ3n) is 5.20. The summed E-state index contributed by atoms with van der Waals surface area (Å²) in [4.78, 5) is 0. The highest BCUT2D eigenvalue weighted by atomic mass is 35.5. The Kier molecular flexibility index (Phi) is 2.58. The van der Waals surface area contributed by atoms with Gasteiger partial charge in [0.1, 0.15) is 5.75 Å². The zero-order chi connectivity index (χ0) is 12.1. The van der Waals surface area contributed by atoms with Gasteiger partial charge in [-0.3, -0.25) is 0 Å². The van der Waals surface area contributed by atoms with Crippen LogP contribution < -0.4 is 4.74 Å². The molecule has 2 aliphatic carbocycles. The molecule has 1 nitrogen and oxygen atoms in total. The van der Waals surface area contributed by atoms with Crippen molar-refractivity contribution in [3.63, 3.8) is 0 Å². The minimum absolute atomic E-state index is 0.214. The third kappa shape index (κ3) is 1.67. The molecular weight excluding hydrogens is 244 g/mol. The molecule has 4 unspecified atom stereocenters. The predicted octanol–water partition coefficient (Wildman–Crippen LogP) is 4.34. The summed E-state index contributed by atoms with van der Waals surface area (Å²) < 4.78 is 5.56. The minimum atomic E-state index is 0.214. The lowest BCUT2D eigenvalue weighted by atomic mass is 9.83. The van der Waals surface area contributed by atoms with Gasteiger partial charge >= 0.3 is 0 Å². The zero-order valence-electron chi connectivity index (χ0n) is 10.6. The smallest absolute Gasteiger partial charge is 0.122 e. The van der Waals surface area contributed by atoms with Gasteiger partial charge in [-0.05, 0) is 54.2 Å². The van der Waals surface area contributed by atoms with E-state index in [1.807, 2.05) is 0 Å². The summed E-state index contributed by atoms with van der Waals surface area (Å²) in [5.41, 5.74) is 2.67. The fraction of sp³-hybridized carbons (Fsp3) is 0.625. The maximum absolute atomic E-state index is 6.77. The highest BCUT2D eigenvalue weighted by molar-refractivity contribution is 6.21. The SMILES string of the molecule is ClC(c1ccc2c(c1)CCO2)C1CC2CCC1C2. The van der Waals surface area contributed by atoms with Crippen molar-refractivity contribution in [2.45, 2.75) is 37.5 Å². The van der Waals surface area contributed by atoms with E-state index in [1.165, 1.54) is 36.8 Å². The summed E-state index contributed by atoms with van der Waals surface area (Å²) in [6, 6.07) is 6.57. The topological polar surface area (TPSA) is 9.23 Å². The van der Waals surface area contributed by atoms with Crippen molar-refractivity contribution < 1.29 is 4.74 Å². The van der Waals surface area contributed by atoms with E-state index in [4.69, 9.17) is 16.3 Å². The fourth-order valence-corrected chi connectivity index (χ4v) is 4.72. The normalized spacial score (nSPS) is 34.4. The lowest BCUT2D eigenvalue weighted by molar-refractivity contribution is 0.323. The summed E-state index contributed by atoms with van der Waals surface area (Å²) in [6.45, 7) is 0.833. The van der Waals surface area contributed by atoms with E-state index in [-0.39, 0.29) is 5.38 Å². The van der Waals surface area contributed by atoms with Crippen LogP contribution >= 0.6 is 11.6 Å². The number of benzene rings is 1. The Morgan fingerprint density at radius 1 is 1.22 bits per heavy atom. The number of rotatable bonds is 2. The van der Waals surface area contributed by atoms with Gasteiger partial charge in [0.05, 0.1) is 12.0 Å². The molecule has 2 bridgehead atoms. The van der Waals surface area contributed by atoms with E-state index in [9.17, 15) is 0 Å². The number of fused-ring (bicyclic) bond motifs is 3. The predicted molar refractivity (Wildman–Crippen MR) is 73.2 cm³/mol. The molecule has 1 aromatic carbocycles. The largest absolute Gasteiger partial charge is 0.493 e. The van der Waals surface area contributed by atoms with Crippen molar-refractivity contribution >= 4 is 11.6 Å². The first-order valence-electron chi connectivity index (χ1n) is 7.21. The Balaban J connectivity index is 1.59. The number of hydrogen-bond acceptors (Lipinski definition) is 1. The minimum Gasteiger partial charge on any atom is -0.493 e. The summed E-state index contributed by atoms with van der Waals surface area (Å²) in [7, 11) is 0. The van der Waals surface area contributed by atoms with Gasteiger partial charge in [-0.2, -0.15) is 0 Å². The second-order valence-electron chi connectivity index (χ2n) is 6.21. The average Bonchev–Trinajstić information content (AvgIpc) is 3.12. The summed E-state index contributed by atoms with van der Waals surface area (Å²) in [5.74, 6) is 3.64. The molecule has 2 saturated carbocycles. The number of ether oxygens (including phenoxy) is 1. The molecule has 1 heterocycles. The number of alkyl halides is 1. The average molecular weight is 263 g/mol. The molecule has 0 saturated heterocycles. The first kappa shape index (κ1) is 11.2. The Labute approximate surface area is 113 Å². The van der Waals surface area contributed by atoms with Gasteiger partial charge < -0.3 is 4.74 Å². The highest BCUT2D eigenvalue weighted by Gasteiger charge is 2.43. The Hall–Kier alpha value is -0.690. The quantitative estimate of drug-likeness (QED) is 0.721. The third-order valence-corrected chi connectivity index (χ3v) is 5.78. The Morgan fingerprint density at radius 2 is 2.17 bits per heavy atom. The van der Waals surface area contributed by atoms with E-state index in [2.05, 4.69) is 18.2 Å². The second kappa shape index (κ2) is 4.16. The fourth-order valence-electron chi connectivity index (χ4n) is 4.28. The van der Waals surface area contributed by atoms with E-state index >= 15 is 0 Å². The van der Waals surface area contributed by atoms with Crippen LogP contribution in [0.3, 0.4) is 0 Å². The van der Waals surface area contributed by atoms with Crippen molar-refractivity contribution in [1.29, 1.82) is 0 Å². The van der Waals surface area contributed by atoms with Crippen LogP contribution in [0, 0.1) is 17.8 Å². The van der Waals surface area contributed by atoms with Crippen LogP contribution in [0.5, 0.6) is 5.75 Å². The first-order chi connectivity index (χ1) is 8.81. The molecule has 3 aliphatic rings. The van der Waals surface area contributed by atoms with E-state index in [0.717, 1.165) is 30.6 Å². The number of hydrogen-bond donors (Lipinski definition) is 0. The lowest BCUT2D eigenvalue weighted by Crippen LogP contribution is -2.15. The molecule has 0 N–H and O–H groups in total. The van der Waals surface area contributed by atoms with Gasteiger partial charge in [0.2, 0.25) is 0 Å². The van der Waals surface area contributed by atoms with Crippen LogP contribution in [0.2, 0.25) is 0 Å². The van der Waals surface area contributed by atoms with Crippen LogP contribution in [0.1, 0.15) is 42.2 Å². The molecule has 2 fully saturated rings. The van der Waals surface area contributed by atoms with Crippen LogP contribution in [-0.2, 0) is 6.42 Å². The molecule has 1 aliphatic heterocycles. The molecular formula is C16H19ClO. The summed E-state index contributed by atoms with van der Waals surface area (Å²) >= 11 is 6.77. The summed E-state index contributed by atoms with van der Waals surface area (Å²) in [6.07, 6.45) is 6.69. The monoisotopic (exact) mass is 262 g/mol. The Bertz CT molecular complexity index is 470. The van der Waals surface area contributed by atoms with Crippen molar-refractivity contribution in [3.05, 3.63) is 29.3 Å². The highest BCUT2D eigenvalue weighted by Crippen LogP contribution is 2.54. The molecule has 2 heteroatoms. The summed E-state index contributed by atoms with van der Waals surface area (Å²) in [5, 5.41) is 0.214. The van der Waals surface area contributed by atoms with Crippen molar-refractivity contribution in [2.75, 3.05) is 6.61 Å². The van der Waals surface area contributed by atoms with Gasteiger partial charge in [-0.15, -0.1) is 11.6 Å². The van der Waals surface area contributed by atoms with E-state index in [0.29, 0.717) is 5.92 Å². The number of halogens is 1. The van der Waals surface area contributed by atoms with Gasteiger partial charge in [0.25, 0.3) is 0 Å². The molecule has 0 spiro atoms. The van der Waals surface area contributed by atoms with Crippen molar-refractivity contribution in [3.8, 4) is 5.75 Å².